The van der Waals surface area contributed by atoms with Gasteiger partial charge < -0.3 is 0 Å². The van der Waals surface area contributed by atoms with Gasteiger partial charge in [-0.15, -0.1) is 0 Å². The summed E-state index contributed by atoms with van der Waals surface area (Å²) in [6.07, 6.45) is -5.56. The van der Waals surface area contributed by atoms with Gasteiger partial charge in [0.2, 0.25) is 5.78 Å². The summed E-state index contributed by atoms with van der Waals surface area (Å²) >= 11 is 0. The van der Waals surface area contributed by atoms with Gasteiger partial charge in [0.25, 0.3) is 0 Å². The molecule has 96 valence electrons. The smallest absolute Gasteiger partial charge is 0.293 e. The molecule has 0 amide bonds. The van der Waals surface area contributed by atoms with Crippen LogP contribution in [0.2, 0.25) is 0 Å². The highest BCUT2D eigenvalue weighted by Crippen LogP contribution is 2.37. The van der Waals surface area contributed by atoms with Crippen molar-refractivity contribution in [1.29, 1.82) is 0 Å². The monoisotopic (exact) mass is 256 g/mol. The molecule has 17 heavy (non-hydrogen) atoms. The third-order valence-corrected chi connectivity index (χ3v) is 2.24. The van der Waals surface area contributed by atoms with Gasteiger partial charge in [-0.1, -0.05) is 0 Å². The number of nitrogens with zero attached hydrogens (tertiary/aromatic N) is 2. The first-order chi connectivity index (χ1) is 7.66. The Labute approximate surface area is 93.2 Å². The molecule has 0 bridgehead atoms. The van der Waals surface area contributed by atoms with Crippen molar-refractivity contribution in [3.05, 3.63) is 18.0 Å². The predicted molar refractivity (Wildman–Crippen MR) is 47.5 cm³/mol. The molecule has 0 aliphatic heterocycles. The number of alkyl halides is 5. The Morgan fingerprint density at radius 3 is 2.35 bits per heavy atom. The van der Waals surface area contributed by atoms with E-state index in [-0.39, 0.29) is 6.42 Å². The van der Waals surface area contributed by atoms with Gasteiger partial charge in [0, 0.05) is 25.4 Å². The van der Waals surface area contributed by atoms with Crippen molar-refractivity contribution in [2.45, 2.75) is 24.9 Å². The van der Waals surface area contributed by atoms with Gasteiger partial charge in [-0.05, 0) is 12.5 Å². The summed E-state index contributed by atoms with van der Waals surface area (Å²) in [6.45, 7) is 0. The molecule has 3 nitrogen and oxygen atoms in total. The molecule has 8 heteroatoms. The average molecular weight is 256 g/mol. The molecule has 0 saturated heterocycles. The SMILES string of the molecule is Cn1nccc1CCC(=O)C(F)(F)C(F)(F)F. The van der Waals surface area contributed by atoms with Crippen LogP contribution in [0.15, 0.2) is 12.3 Å². The van der Waals surface area contributed by atoms with Gasteiger partial charge >= 0.3 is 12.1 Å². The first-order valence-electron chi connectivity index (χ1n) is 4.61. The molecule has 1 heterocycles. The molecule has 0 aliphatic carbocycles. The third-order valence-electron chi connectivity index (χ3n) is 2.24. The molecule has 1 aromatic heterocycles. The molecule has 1 rings (SSSR count). The van der Waals surface area contributed by atoms with Crippen LogP contribution in [0.3, 0.4) is 0 Å². The van der Waals surface area contributed by atoms with Crippen LogP contribution >= 0.6 is 0 Å². The van der Waals surface area contributed by atoms with Crippen LogP contribution in [-0.2, 0) is 18.3 Å². The minimum Gasteiger partial charge on any atom is -0.293 e. The van der Waals surface area contributed by atoms with Crippen LogP contribution in [0.4, 0.5) is 22.0 Å². The van der Waals surface area contributed by atoms with Gasteiger partial charge in [0.1, 0.15) is 0 Å². The van der Waals surface area contributed by atoms with E-state index in [1.165, 1.54) is 24.0 Å². The predicted octanol–water partition coefficient (Wildman–Crippen LogP) is 2.12. The van der Waals surface area contributed by atoms with E-state index in [2.05, 4.69) is 5.10 Å². The fraction of sp³-hybridized carbons (Fsp3) is 0.556. The van der Waals surface area contributed by atoms with Crippen molar-refractivity contribution < 1.29 is 26.7 Å². The van der Waals surface area contributed by atoms with Crippen molar-refractivity contribution in [1.82, 2.24) is 9.78 Å². The standard InChI is InChI=1S/C9H9F5N2O/c1-16-6(4-5-15-16)2-3-7(17)8(10,11)9(12,13)14/h4-5H,2-3H2,1H3. The van der Waals surface area contributed by atoms with E-state index in [9.17, 15) is 26.7 Å². The topological polar surface area (TPSA) is 34.9 Å². The van der Waals surface area contributed by atoms with Gasteiger partial charge in [-0.25, -0.2) is 0 Å². The Bertz CT molecular complexity index is 410. The van der Waals surface area contributed by atoms with Gasteiger partial charge in [-0.3, -0.25) is 9.48 Å². The first kappa shape index (κ1) is 13.6. The average Bonchev–Trinajstić information content (AvgIpc) is 2.58. The van der Waals surface area contributed by atoms with Crippen molar-refractivity contribution in [3.63, 3.8) is 0 Å². The Kier molecular flexibility index (Phi) is 3.53. The lowest BCUT2D eigenvalue weighted by atomic mass is 10.1. The maximum Gasteiger partial charge on any atom is 0.461 e. The molecule has 1 aromatic rings. The highest BCUT2D eigenvalue weighted by molar-refractivity contribution is 5.86. The lowest BCUT2D eigenvalue weighted by Crippen LogP contribution is -2.44. The highest BCUT2D eigenvalue weighted by atomic mass is 19.4. The molecular formula is C9H9F5N2O. The number of carbonyl (C=O) groups is 1. The largest absolute Gasteiger partial charge is 0.461 e. The van der Waals surface area contributed by atoms with Gasteiger partial charge in [0.05, 0.1) is 0 Å². The fourth-order valence-electron chi connectivity index (χ4n) is 1.20. The van der Waals surface area contributed by atoms with Crippen molar-refractivity contribution in [2.75, 3.05) is 0 Å². The van der Waals surface area contributed by atoms with E-state index in [1.54, 1.807) is 0 Å². The molecule has 0 saturated carbocycles. The summed E-state index contributed by atoms with van der Waals surface area (Å²) in [5.74, 6) is -7.42. The van der Waals surface area contributed by atoms with Crippen molar-refractivity contribution in [2.24, 2.45) is 7.05 Å². The molecule has 0 spiro atoms. The van der Waals surface area contributed by atoms with Gasteiger partial charge in [0.15, 0.2) is 0 Å². The molecule has 0 radical (unpaired) electrons. The van der Waals surface area contributed by atoms with E-state index in [0.717, 1.165) is 0 Å². The number of Topliss-reactive ketones (excluding diaryl/α,β-unsaturated/α-hetero) is 1. The van der Waals surface area contributed by atoms with Crippen LogP contribution in [0.1, 0.15) is 12.1 Å². The second-order valence-electron chi connectivity index (χ2n) is 3.44. The quantitative estimate of drug-likeness (QED) is 0.773. The zero-order chi connectivity index (χ0) is 13.3. The molecular weight excluding hydrogens is 247 g/mol. The molecule has 0 aliphatic rings. The minimum absolute atomic E-state index is 0.207. The zero-order valence-electron chi connectivity index (χ0n) is 8.76. The second kappa shape index (κ2) is 4.42. The number of aromatic nitrogens is 2. The van der Waals surface area contributed by atoms with E-state index < -0.39 is 24.3 Å². The van der Waals surface area contributed by atoms with E-state index in [0.29, 0.717) is 5.69 Å². The number of ketones is 1. The Balaban J connectivity index is 2.65. The maximum absolute atomic E-state index is 12.6. The Morgan fingerprint density at radius 1 is 1.35 bits per heavy atom. The van der Waals surface area contributed by atoms with E-state index >= 15 is 0 Å². The lowest BCUT2D eigenvalue weighted by molar-refractivity contribution is -0.268. The van der Waals surface area contributed by atoms with Crippen LogP contribution in [0.5, 0.6) is 0 Å². The Morgan fingerprint density at radius 2 is 1.94 bits per heavy atom. The van der Waals surface area contributed by atoms with E-state index in [4.69, 9.17) is 0 Å². The number of halogens is 5. The van der Waals surface area contributed by atoms with Gasteiger partial charge in [-0.2, -0.15) is 27.1 Å². The lowest BCUT2D eigenvalue weighted by Gasteiger charge is -2.17. The summed E-state index contributed by atoms with van der Waals surface area (Å²) in [6, 6.07) is 1.44. The maximum atomic E-state index is 12.6. The summed E-state index contributed by atoms with van der Waals surface area (Å²) < 4.78 is 61.9. The van der Waals surface area contributed by atoms with Crippen LogP contribution < -0.4 is 0 Å². The first-order valence-corrected chi connectivity index (χ1v) is 4.61. The summed E-state index contributed by atoms with van der Waals surface area (Å²) in [5, 5.41) is 3.70. The van der Waals surface area contributed by atoms with Crippen LogP contribution in [0.25, 0.3) is 0 Å². The number of rotatable bonds is 4. The molecule has 0 atom stereocenters. The molecule has 0 fully saturated rings. The third kappa shape index (κ3) is 2.80. The van der Waals surface area contributed by atoms with Crippen molar-refractivity contribution >= 4 is 5.78 Å². The Hall–Kier alpha value is -1.47. The number of carbonyl (C=O) groups excluding carboxylic acids is 1. The number of hydrogen-bond acceptors (Lipinski definition) is 2. The van der Waals surface area contributed by atoms with Crippen LogP contribution in [0, 0.1) is 0 Å². The zero-order valence-corrected chi connectivity index (χ0v) is 8.76. The normalized spacial score (nSPS) is 12.8. The number of aryl methyl sites for hydroxylation is 2. The van der Waals surface area contributed by atoms with E-state index in [1.807, 2.05) is 0 Å². The second-order valence-corrected chi connectivity index (χ2v) is 3.44. The molecule has 0 aromatic carbocycles. The van der Waals surface area contributed by atoms with Crippen molar-refractivity contribution in [3.8, 4) is 0 Å². The fourth-order valence-corrected chi connectivity index (χ4v) is 1.20. The summed E-state index contributed by atoms with van der Waals surface area (Å²) in [5.41, 5.74) is 0.413. The number of hydrogen-bond donors (Lipinski definition) is 0. The summed E-state index contributed by atoms with van der Waals surface area (Å²) in [7, 11) is 1.50. The highest BCUT2D eigenvalue weighted by Gasteiger charge is 2.62. The van der Waals surface area contributed by atoms with Crippen LogP contribution in [-0.4, -0.2) is 27.7 Å². The molecule has 0 unspecified atom stereocenters. The minimum atomic E-state index is -5.84. The summed E-state index contributed by atoms with van der Waals surface area (Å²) in [4.78, 5) is 10.8. The molecule has 0 N–H and O–H groups in total.